The predicted octanol–water partition coefficient (Wildman–Crippen LogP) is 3.58. The van der Waals surface area contributed by atoms with E-state index in [4.69, 9.17) is 0 Å². The molecule has 2 aliphatic rings. The molecule has 0 aliphatic heterocycles. The monoisotopic (exact) mass is 182 g/mol. The molecular formula is C14H14. The van der Waals surface area contributed by atoms with Crippen molar-refractivity contribution < 1.29 is 0 Å². The maximum atomic E-state index is 2.24. The van der Waals surface area contributed by atoms with E-state index in [1.807, 2.05) is 0 Å². The molecule has 0 saturated carbocycles. The minimum atomic E-state index is 0.484. The zero-order valence-corrected chi connectivity index (χ0v) is 8.08. The van der Waals surface area contributed by atoms with Crippen LogP contribution >= 0.6 is 0 Å². The Labute approximate surface area is 85.3 Å². The minimum Gasteiger partial charge on any atom is -0.0767 e. The molecule has 14 heavy (non-hydrogen) atoms. The molecule has 0 amide bonds. The van der Waals surface area contributed by atoms with Crippen LogP contribution in [0.1, 0.15) is 0 Å². The van der Waals surface area contributed by atoms with Gasteiger partial charge in [0.1, 0.15) is 0 Å². The van der Waals surface area contributed by atoms with Crippen LogP contribution in [0.2, 0.25) is 0 Å². The van der Waals surface area contributed by atoms with E-state index in [9.17, 15) is 0 Å². The molecule has 0 radical (unpaired) electrons. The molecule has 0 bridgehead atoms. The molecule has 0 saturated heterocycles. The van der Waals surface area contributed by atoms with Gasteiger partial charge in [-0.2, -0.15) is 0 Å². The van der Waals surface area contributed by atoms with E-state index >= 15 is 0 Å². The van der Waals surface area contributed by atoms with Crippen molar-refractivity contribution in [3.63, 3.8) is 0 Å². The highest BCUT2D eigenvalue weighted by molar-refractivity contribution is 5.27. The Kier molecular flexibility index (Phi) is 2.97. The van der Waals surface area contributed by atoms with Crippen molar-refractivity contribution in [2.45, 2.75) is 0 Å². The van der Waals surface area contributed by atoms with Gasteiger partial charge in [0.05, 0.1) is 0 Å². The lowest BCUT2D eigenvalue weighted by molar-refractivity contribution is 0.677. The van der Waals surface area contributed by atoms with Crippen molar-refractivity contribution in [1.82, 2.24) is 0 Å². The van der Waals surface area contributed by atoms with Gasteiger partial charge in [-0.3, -0.25) is 0 Å². The molecular weight excluding hydrogens is 168 g/mol. The fourth-order valence-corrected chi connectivity index (χ4v) is 1.67. The van der Waals surface area contributed by atoms with E-state index in [0.717, 1.165) is 0 Å². The minimum absolute atomic E-state index is 0.484. The van der Waals surface area contributed by atoms with Crippen LogP contribution in [0.3, 0.4) is 0 Å². The molecule has 0 heteroatoms. The van der Waals surface area contributed by atoms with Crippen molar-refractivity contribution >= 4 is 0 Å². The molecule has 0 aromatic rings. The highest BCUT2D eigenvalue weighted by Gasteiger charge is 2.10. The van der Waals surface area contributed by atoms with Gasteiger partial charge in [-0.15, -0.1) is 0 Å². The molecule has 0 aromatic carbocycles. The quantitative estimate of drug-likeness (QED) is 0.581. The fraction of sp³-hybridized carbons (Fsp3) is 0.143. The summed E-state index contributed by atoms with van der Waals surface area (Å²) in [6, 6.07) is 0. The van der Waals surface area contributed by atoms with Gasteiger partial charge in [0.2, 0.25) is 0 Å². The van der Waals surface area contributed by atoms with Crippen LogP contribution in [0.15, 0.2) is 72.9 Å². The molecule has 0 heterocycles. The third kappa shape index (κ3) is 2.23. The van der Waals surface area contributed by atoms with E-state index in [1.54, 1.807) is 0 Å². The van der Waals surface area contributed by atoms with Crippen LogP contribution in [0.25, 0.3) is 0 Å². The third-order valence-electron chi connectivity index (χ3n) is 2.44. The van der Waals surface area contributed by atoms with Crippen LogP contribution in [0.5, 0.6) is 0 Å². The zero-order valence-electron chi connectivity index (χ0n) is 8.08. The van der Waals surface area contributed by atoms with E-state index < -0.39 is 0 Å². The first-order valence-corrected chi connectivity index (χ1v) is 5.00. The van der Waals surface area contributed by atoms with Gasteiger partial charge in [-0.1, -0.05) is 72.9 Å². The molecule has 2 aliphatic carbocycles. The summed E-state index contributed by atoms with van der Waals surface area (Å²) in [6.45, 7) is 0. The summed E-state index contributed by atoms with van der Waals surface area (Å²) in [5.41, 5.74) is 0. The highest BCUT2D eigenvalue weighted by atomic mass is 14.1. The van der Waals surface area contributed by atoms with Crippen molar-refractivity contribution in [1.29, 1.82) is 0 Å². The Morgan fingerprint density at radius 2 is 0.643 bits per heavy atom. The Hall–Kier alpha value is -1.56. The second-order valence-electron chi connectivity index (χ2n) is 3.46. The first-order chi connectivity index (χ1) is 6.97. The highest BCUT2D eigenvalue weighted by Crippen LogP contribution is 2.21. The number of hydrogen-bond acceptors (Lipinski definition) is 0. The van der Waals surface area contributed by atoms with Gasteiger partial charge in [0, 0.05) is 11.8 Å². The largest absolute Gasteiger partial charge is 0.0767 e. The molecule has 0 nitrogen and oxygen atoms in total. The molecule has 0 N–H and O–H groups in total. The van der Waals surface area contributed by atoms with Crippen LogP contribution in [-0.2, 0) is 0 Å². The molecule has 0 fully saturated rings. The van der Waals surface area contributed by atoms with Gasteiger partial charge in [-0.25, -0.2) is 0 Å². The second kappa shape index (κ2) is 4.61. The van der Waals surface area contributed by atoms with Crippen LogP contribution in [0.4, 0.5) is 0 Å². The van der Waals surface area contributed by atoms with Gasteiger partial charge >= 0.3 is 0 Å². The van der Waals surface area contributed by atoms with Crippen molar-refractivity contribution in [2.75, 3.05) is 0 Å². The summed E-state index contributed by atoms with van der Waals surface area (Å²) >= 11 is 0. The van der Waals surface area contributed by atoms with Crippen molar-refractivity contribution in [3.05, 3.63) is 72.9 Å². The predicted molar refractivity (Wildman–Crippen MR) is 61.8 cm³/mol. The number of rotatable bonds is 1. The SMILES string of the molecule is C1=CC=CC(C2C=CC=CC=C2)C=C1. The maximum Gasteiger partial charge on any atom is 0.00506 e. The van der Waals surface area contributed by atoms with Crippen molar-refractivity contribution in [2.24, 2.45) is 11.8 Å². The summed E-state index contributed by atoms with van der Waals surface area (Å²) in [5.74, 6) is 0.967. The number of hydrogen-bond donors (Lipinski definition) is 0. The topological polar surface area (TPSA) is 0 Å². The Morgan fingerprint density at radius 3 is 0.929 bits per heavy atom. The third-order valence-corrected chi connectivity index (χ3v) is 2.44. The summed E-state index contributed by atoms with van der Waals surface area (Å²) in [4.78, 5) is 0. The second-order valence-corrected chi connectivity index (χ2v) is 3.46. The Bertz CT molecular complexity index is 280. The van der Waals surface area contributed by atoms with Crippen molar-refractivity contribution in [3.8, 4) is 0 Å². The molecule has 0 unspecified atom stereocenters. The molecule has 0 aromatic heterocycles. The molecule has 2 rings (SSSR count). The average Bonchev–Trinajstić information content (AvgIpc) is 2.62. The first kappa shape index (κ1) is 9.01. The lowest BCUT2D eigenvalue weighted by Gasteiger charge is -2.13. The smallest absolute Gasteiger partial charge is 0.00506 e. The van der Waals surface area contributed by atoms with Crippen LogP contribution in [-0.4, -0.2) is 0 Å². The summed E-state index contributed by atoms with van der Waals surface area (Å²) < 4.78 is 0. The maximum absolute atomic E-state index is 2.24. The molecule has 0 spiro atoms. The summed E-state index contributed by atoms with van der Waals surface area (Å²) in [6.07, 6.45) is 25.7. The molecule has 70 valence electrons. The number of allylic oxidation sites excluding steroid dienone is 12. The Morgan fingerprint density at radius 1 is 0.357 bits per heavy atom. The van der Waals surface area contributed by atoms with E-state index in [-0.39, 0.29) is 0 Å². The van der Waals surface area contributed by atoms with Gasteiger partial charge < -0.3 is 0 Å². The molecule has 0 atom stereocenters. The van der Waals surface area contributed by atoms with Gasteiger partial charge in [0.25, 0.3) is 0 Å². The average molecular weight is 182 g/mol. The van der Waals surface area contributed by atoms with E-state index in [0.29, 0.717) is 11.8 Å². The normalized spacial score (nSPS) is 21.4. The summed E-state index contributed by atoms with van der Waals surface area (Å²) in [7, 11) is 0. The standard InChI is InChI=1S/C14H14/c1-2-6-10-13(9-5-1)14-11-7-3-4-8-12-14/h1-14H. The lowest BCUT2D eigenvalue weighted by Crippen LogP contribution is -2.04. The summed E-state index contributed by atoms with van der Waals surface area (Å²) in [5, 5.41) is 0. The van der Waals surface area contributed by atoms with Crippen LogP contribution < -0.4 is 0 Å². The first-order valence-electron chi connectivity index (χ1n) is 5.00. The zero-order chi connectivity index (χ0) is 9.64. The van der Waals surface area contributed by atoms with Gasteiger partial charge in [0.15, 0.2) is 0 Å². The van der Waals surface area contributed by atoms with E-state index in [2.05, 4.69) is 72.9 Å². The lowest BCUT2D eigenvalue weighted by atomic mass is 9.91. The van der Waals surface area contributed by atoms with Crippen LogP contribution in [0, 0.1) is 11.8 Å². The fourth-order valence-electron chi connectivity index (χ4n) is 1.67. The Balaban J connectivity index is 2.15. The van der Waals surface area contributed by atoms with E-state index in [1.165, 1.54) is 0 Å². The van der Waals surface area contributed by atoms with Gasteiger partial charge in [-0.05, 0) is 0 Å².